The van der Waals surface area contributed by atoms with Crippen LogP contribution >= 0.6 is 15.9 Å². The van der Waals surface area contributed by atoms with E-state index in [-0.39, 0.29) is 11.4 Å². The second kappa shape index (κ2) is 5.13. The number of hydrogen-bond acceptors (Lipinski definition) is 3. The molecule has 0 unspecified atom stereocenters. The highest BCUT2D eigenvalue weighted by molar-refractivity contribution is 9.10. The molecule has 1 N–H and O–H groups in total. The molecule has 1 aliphatic heterocycles. The molecule has 0 spiro atoms. The number of carbonyl (C=O) groups excluding carboxylic acids is 1. The van der Waals surface area contributed by atoms with Gasteiger partial charge in [0.05, 0.1) is 23.5 Å². The van der Waals surface area contributed by atoms with Crippen LogP contribution in [0.15, 0.2) is 22.7 Å². The van der Waals surface area contributed by atoms with Gasteiger partial charge in [-0.2, -0.15) is 0 Å². The number of likely N-dealkylation sites (N-methyl/N-ethyl adjacent to an activating group) is 2. The van der Waals surface area contributed by atoms with Crippen molar-refractivity contribution < 1.29 is 4.79 Å². The van der Waals surface area contributed by atoms with Crippen molar-refractivity contribution in [1.82, 2.24) is 5.32 Å². The van der Waals surface area contributed by atoms with E-state index in [0.717, 1.165) is 22.4 Å². The van der Waals surface area contributed by atoms with E-state index in [1.165, 1.54) is 0 Å². The van der Waals surface area contributed by atoms with Gasteiger partial charge in [0, 0.05) is 18.1 Å². The molecule has 1 amide bonds. The lowest BCUT2D eigenvalue weighted by atomic mass is 9.99. The van der Waals surface area contributed by atoms with Gasteiger partial charge in [0.25, 0.3) is 0 Å². The lowest BCUT2D eigenvalue weighted by Gasteiger charge is -2.44. The third-order valence-electron chi connectivity index (χ3n) is 3.43. The van der Waals surface area contributed by atoms with Crippen molar-refractivity contribution >= 4 is 33.2 Å². The molecule has 1 aromatic carbocycles. The van der Waals surface area contributed by atoms with Gasteiger partial charge in [-0.3, -0.25) is 4.79 Å². The molecular formula is C14H20BrN3O. The zero-order chi connectivity index (χ0) is 14.2. The molecule has 0 aromatic heterocycles. The van der Waals surface area contributed by atoms with E-state index in [9.17, 15) is 4.79 Å². The summed E-state index contributed by atoms with van der Waals surface area (Å²) in [5.74, 6) is 0.137. The average molecular weight is 326 g/mol. The van der Waals surface area contributed by atoms with E-state index in [0.29, 0.717) is 6.54 Å². The van der Waals surface area contributed by atoms with Gasteiger partial charge in [-0.25, -0.2) is 0 Å². The lowest BCUT2D eigenvalue weighted by molar-refractivity contribution is -0.118. The Kier molecular flexibility index (Phi) is 3.87. The largest absolute Gasteiger partial charge is 0.364 e. The maximum Gasteiger partial charge on any atom is 0.247 e. The first kappa shape index (κ1) is 14.3. The van der Waals surface area contributed by atoms with Crippen molar-refractivity contribution in [2.24, 2.45) is 0 Å². The first-order valence-electron chi connectivity index (χ1n) is 6.35. The predicted molar refractivity (Wildman–Crippen MR) is 82.9 cm³/mol. The molecule has 0 bridgehead atoms. The topological polar surface area (TPSA) is 35.6 Å². The highest BCUT2D eigenvalue weighted by atomic mass is 79.9. The fourth-order valence-corrected chi connectivity index (χ4v) is 3.01. The number of nitrogens with zero attached hydrogens (tertiary/aromatic N) is 2. The van der Waals surface area contributed by atoms with Crippen molar-refractivity contribution in [2.75, 3.05) is 37.0 Å². The van der Waals surface area contributed by atoms with Crippen LogP contribution in [0.3, 0.4) is 0 Å². The Balaban J connectivity index is 2.51. The van der Waals surface area contributed by atoms with Crippen molar-refractivity contribution in [1.29, 1.82) is 0 Å². The van der Waals surface area contributed by atoms with Crippen molar-refractivity contribution in [3.05, 3.63) is 22.7 Å². The zero-order valence-corrected chi connectivity index (χ0v) is 13.4. The van der Waals surface area contributed by atoms with E-state index in [1.807, 2.05) is 36.0 Å². The predicted octanol–water partition coefficient (Wildman–Crippen LogP) is 2.23. The highest BCUT2D eigenvalue weighted by Gasteiger charge is 2.37. The molecule has 19 heavy (non-hydrogen) atoms. The van der Waals surface area contributed by atoms with Gasteiger partial charge in [-0.1, -0.05) is 15.9 Å². The van der Waals surface area contributed by atoms with Crippen LogP contribution in [0.25, 0.3) is 0 Å². The summed E-state index contributed by atoms with van der Waals surface area (Å²) in [5.41, 5.74) is 1.80. The first-order valence-corrected chi connectivity index (χ1v) is 7.14. The van der Waals surface area contributed by atoms with E-state index in [4.69, 9.17) is 0 Å². The van der Waals surface area contributed by atoms with E-state index >= 15 is 0 Å². The molecule has 1 heterocycles. The average Bonchev–Trinajstić information content (AvgIpc) is 2.29. The van der Waals surface area contributed by atoms with Gasteiger partial charge in [-0.05, 0) is 39.1 Å². The van der Waals surface area contributed by atoms with Crippen LogP contribution in [0.4, 0.5) is 11.4 Å². The number of carbonyl (C=O) groups is 1. The maximum atomic E-state index is 12.4. The quantitative estimate of drug-likeness (QED) is 0.925. The molecule has 0 radical (unpaired) electrons. The number of halogens is 1. The van der Waals surface area contributed by atoms with Crippen molar-refractivity contribution in [2.45, 2.75) is 19.4 Å². The summed E-state index contributed by atoms with van der Waals surface area (Å²) in [7, 11) is 3.86. The van der Waals surface area contributed by atoms with Crippen LogP contribution in [-0.4, -0.2) is 38.6 Å². The summed E-state index contributed by atoms with van der Waals surface area (Å²) in [6, 6.07) is 6.04. The summed E-state index contributed by atoms with van der Waals surface area (Å²) >= 11 is 3.49. The minimum Gasteiger partial charge on any atom is -0.364 e. The van der Waals surface area contributed by atoms with Crippen LogP contribution in [0, 0.1) is 0 Å². The van der Waals surface area contributed by atoms with Gasteiger partial charge in [0.1, 0.15) is 0 Å². The Morgan fingerprint density at radius 3 is 2.68 bits per heavy atom. The van der Waals surface area contributed by atoms with Gasteiger partial charge in [0.15, 0.2) is 0 Å². The molecule has 5 heteroatoms. The highest BCUT2D eigenvalue weighted by Crippen LogP contribution is 2.38. The molecule has 104 valence electrons. The minimum atomic E-state index is -0.254. The van der Waals surface area contributed by atoms with Crippen LogP contribution in [0.1, 0.15) is 13.8 Å². The standard InChI is InChI=1S/C14H20BrN3O/c1-14(2,9-16-3)18-11-6-5-10(15)7-12(11)17(4)8-13(18)19/h5-7,16H,8-9H2,1-4H3. The molecule has 2 rings (SSSR count). The number of amides is 1. The summed E-state index contributed by atoms with van der Waals surface area (Å²) in [5, 5.41) is 3.16. The number of hydrogen-bond donors (Lipinski definition) is 1. The summed E-state index contributed by atoms with van der Waals surface area (Å²) in [4.78, 5) is 16.3. The summed E-state index contributed by atoms with van der Waals surface area (Å²) in [6.45, 7) is 5.33. The van der Waals surface area contributed by atoms with Gasteiger partial charge < -0.3 is 15.1 Å². The van der Waals surface area contributed by atoms with Gasteiger partial charge >= 0.3 is 0 Å². The third-order valence-corrected chi connectivity index (χ3v) is 3.92. The SMILES string of the molecule is CNCC(C)(C)N1C(=O)CN(C)c2cc(Br)ccc21. The Labute approximate surface area is 122 Å². The summed E-state index contributed by atoms with van der Waals surface area (Å²) in [6.07, 6.45) is 0. The van der Waals surface area contributed by atoms with Crippen LogP contribution in [-0.2, 0) is 4.79 Å². The molecule has 4 nitrogen and oxygen atoms in total. The van der Waals surface area contributed by atoms with Crippen LogP contribution in [0.2, 0.25) is 0 Å². The van der Waals surface area contributed by atoms with Crippen molar-refractivity contribution in [3.63, 3.8) is 0 Å². The molecule has 0 saturated carbocycles. The van der Waals surface area contributed by atoms with Crippen LogP contribution in [0.5, 0.6) is 0 Å². The Hall–Kier alpha value is -1.07. The molecule has 1 aromatic rings. The van der Waals surface area contributed by atoms with E-state index < -0.39 is 0 Å². The molecule has 0 atom stereocenters. The Morgan fingerprint density at radius 2 is 2.05 bits per heavy atom. The Morgan fingerprint density at radius 1 is 1.37 bits per heavy atom. The van der Waals surface area contributed by atoms with Crippen LogP contribution < -0.4 is 15.1 Å². The molecule has 0 saturated heterocycles. The number of nitrogens with one attached hydrogen (secondary N) is 1. The zero-order valence-electron chi connectivity index (χ0n) is 11.8. The normalized spacial score (nSPS) is 15.7. The van der Waals surface area contributed by atoms with E-state index in [2.05, 4.69) is 41.2 Å². The lowest BCUT2D eigenvalue weighted by Crippen LogP contribution is -2.58. The third kappa shape index (κ3) is 2.62. The molecular weight excluding hydrogens is 306 g/mol. The minimum absolute atomic E-state index is 0.137. The molecule has 0 fully saturated rings. The number of anilines is 2. The second-order valence-corrected chi connectivity index (χ2v) is 6.48. The summed E-state index contributed by atoms with van der Waals surface area (Å²) < 4.78 is 1.03. The fraction of sp³-hybridized carbons (Fsp3) is 0.500. The number of rotatable bonds is 3. The van der Waals surface area contributed by atoms with Crippen molar-refractivity contribution in [3.8, 4) is 0 Å². The van der Waals surface area contributed by atoms with Gasteiger partial charge in [-0.15, -0.1) is 0 Å². The molecule has 1 aliphatic rings. The van der Waals surface area contributed by atoms with Gasteiger partial charge in [0.2, 0.25) is 5.91 Å². The van der Waals surface area contributed by atoms with E-state index in [1.54, 1.807) is 0 Å². The smallest absolute Gasteiger partial charge is 0.247 e. The monoisotopic (exact) mass is 325 g/mol. The second-order valence-electron chi connectivity index (χ2n) is 5.56. The Bertz CT molecular complexity index is 501. The first-order chi connectivity index (χ1) is 8.86. The number of benzene rings is 1. The molecule has 0 aliphatic carbocycles. The fourth-order valence-electron chi connectivity index (χ4n) is 2.66. The maximum absolute atomic E-state index is 12.4. The number of fused-ring (bicyclic) bond motifs is 1.